The van der Waals surface area contributed by atoms with Gasteiger partial charge >= 0.3 is 0 Å². The number of morpholine rings is 1. The van der Waals surface area contributed by atoms with Crippen LogP contribution in [0.4, 0.5) is 0 Å². The van der Waals surface area contributed by atoms with Crippen molar-refractivity contribution in [2.75, 3.05) is 52.5 Å². The quantitative estimate of drug-likeness (QED) is 0.682. The Labute approximate surface area is 161 Å². The standard InChI is InChI=1S/C12H17Cl2N3O5S3/c13-11-9-10(12(14)23-11)24(18,19)15-1-3-16(4-2-15)25(20,21)17-5-7-22-8-6-17/h9H,1-8H2. The maximum Gasteiger partial charge on any atom is 0.282 e. The lowest BCUT2D eigenvalue weighted by molar-refractivity contribution is 0.0694. The molecule has 0 saturated carbocycles. The van der Waals surface area contributed by atoms with Crippen LogP contribution in [0, 0.1) is 0 Å². The lowest BCUT2D eigenvalue weighted by atomic mass is 10.4. The maximum atomic E-state index is 12.7. The van der Waals surface area contributed by atoms with E-state index in [-0.39, 0.29) is 39.7 Å². The van der Waals surface area contributed by atoms with Gasteiger partial charge in [-0.15, -0.1) is 11.3 Å². The molecule has 1 aromatic heterocycles. The van der Waals surface area contributed by atoms with Crippen LogP contribution in [0.2, 0.25) is 8.67 Å². The number of sulfonamides is 1. The van der Waals surface area contributed by atoms with Gasteiger partial charge in [0.1, 0.15) is 9.23 Å². The first-order valence-corrected chi connectivity index (χ1v) is 11.9. The Balaban J connectivity index is 1.70. The van der Waals surface area contributed by atoms with Gasteiger partial charge in [0.25, 0.3) is 10.2 Å². The fraction of sp³-hybridized carbons (Fsp3) is 0.667. The molecule has 3 heterocycles. The van der Waals surface area contributed by atoms with Gasteiger partial charge in [0, 0.05) is 39.3 Å². The van der Waals surface area contributed by atoms with Crippen LogP contribution < -0.4 is 0 Å². The predicted molar refractivity (Wildman–Crippen MR) is 96.0 cm³/mol. The van der Waals surface area contributed by atoms with Crippen LogP contribution in [0.5, 0.6) is 0 Å². The summed E-state index contributed by atoms with van der Waals surface area (Å²) in [4.78, 5) is -0.0337. The van der Waals surface area contributed by atoms with E-state index in [1.807, 2.05) is 0 Å². The molecule has 1 aromatic rings. The van der Waals surface area contributed by atoms with E-state index in [0.717, 1.165) is 11.3 Å². The van der Waals surface area contributed by atoms with E-state index >= 15 is 0 Å². The highest BCUT2D eigenvalue weighted by Crippen LogP contribution is 2.36. The molecule has 0 radical (unpaired) electrons. The van der Waals surface area contributed by atoms with Crippen molar-refractivity contribution in [3.63, 3.8) is 0 Å². The number of rotatable bonds is 4. The number of piperazine rings is 1. The number of hydrogen-bond acceptors (Lipinski definition) is 6. The van der Waals surface area contributed by atoms with E-state index < -0.39 is 20.2 Å². The average molecular weight is 450 g/mol. The molecule has 3 rings (SSSR count). The second-order valence-electron chi connectivity index (χ2n) is 5.51. The summed E-state index contributed by atoms with van der Waals surface area (Å²) in [6.45, 7) is 1.66. The third-order valence-electron chi connectivity index (χ3n) is 4.06. The van der Waals surface area contributed by atoms with Gasteiger partial charge in [-0.3, -0.25) is 0 Å². The Morgan fingerprint density at radius 1 is 0.880 bits per heavy atom. The van der Waals surface area contributed by atoms with E-state index in [1.165, 1.54) is 19.0 Å². The van der Waals surface area contributed by atoms with E-state index in [0.29, 0.717) is 26.3 Å². The fourth-order valence-electron chi connectivity index (χ4n) is 2.72. The largest absolute Gasteiger partial charge is 0.379 e. The Kier molecular flexibility index (Phi) is 5.98. The van der Waals surface area contributed by atoms with Crippen LogP contribution in [0.15, 0.2) is 11.0 Å². The number of ether oxygens (including phenoxy) is 1. The van der Waals surface area contributed by atoms with Crippen LogP contribution in [-0.4, -0.2) is 82.2 Å². The molecule has 0 aromatic carbocycles. The van der Waals surface area contributed by atoms with Crippen molar-refractivity contribution >= 4 is 54.8 Å². The van der Waals surface area contributed by atoms with Gasteiger partial charge in [0.05, 0.1) is 17.6 Å². The molecule has 8 nitrogen and oxygen atoms in total. The molecule has 2 fully saturated rings. The molecule has 0 atom stereocenters. The molecule has 0 amide bonds. The van der Waals surface area contributed by atoms with Crippen molar-refractivity contribution in [2.24, 2.45) is 0 Å². The summed E-state index contributed by atoms with van der Waals surface area (Å²) >= 11 is 12.8. The molecule has 0 bridgehead atoms. The molecule has 142 valence electrons. The highest BCUT2D eigenvalue weighted by molar-refractivity contribution is 7.89. The molecule has 25 heavy (non-hydrogen) atoms. The molecule has 2 saturated heterocycles. The molecule has 13 heteroatoms. The molecule has 2 aliphatic heterocycles. The Bertz CT molecular complexity index is 828. The number of thiophene rings is 1. The fourth-order valence-corrected chi connectivity index (χ4v) is 7.82. The summed E-state index contributed by atoms with van der Waals surface area (Å²) in [5.74, 6) is 0. The minimum atomic E-state index is -3.79. The zero-order chi connectivity index (χ0) is 18.2. The van der Waals surface area contributed by atoms with Gasteiger partial charge in [-0.05, 0) is 6.07 Å². The number of halogens is 2. The van der Waals surface area contributed by atoms with Gasteiger partial charge in [-0.25, -0.2) is 8.42 Å². The van der Waals surface area contributed by atoms with Crippen molar-refractivity contribution < 1.29 is 21.6 Å². The highest BCUT2D eigenvalue weighted by Gasteiger charge is 2.37. The smallest absolute Gasteiger partial charge is 0.282 e. The van der Waals surface area contributed by atoms with Gasteiger partial charge in [-0.2, -0.15) is 21.3 Å². The number of hydrogen-bond donors (Lipinski definition) is 0. The van der Waals surface area contributed by atoms with E-state index in [2.05, 4.69) is 0 Å². The highest BCUT2D eigenvalue weighted by atomic mass is 35.5. The molecular formula is C12H17Cl2N3O5S3. The van der Waals surface area contributed by atoms with Crippen molar-refractivity contribution in [1.29, 1.82) is 0 Å². The molecule has 0 aliphatic carbocycles. The van der Waals surface area contributed by atoms with Gasteiger partial charge in [0.15, 0.2) is 0 Å². The molecular weight excluding hydrogens is 433 g/mol. The molecule has 0 spiro atoms. The topological polar surface area (TPSA) is 87.2 Å². The van der Waals surface area contributed by atoms with Crippen LogP contribution in [0.3, 0.4) is 0 Å². The summed E-state index contributed by atoms with van der Waals surface area (Å²) < 4.78 is 60.1. The van der Waals surface area contributed by atoms with Crippen LogP contribution in [-0.2, 0) is 25.0 Å². The minimum absolute atomic E-state index is 0.0337. The normalized spacial score (nSPS) is 22.3. The van der Waals surface area contributed by atoms with E-state index in [1.54, 1.807) is 0 Å². The third kappa shape index (κ3) is 3.99. The van der Waals surface area contributed by atoms with Crippen molar-refractivity contribution in [3.05, 3.63) is 14.7 Å². The zero-order valence-electron chi connectivity index (χ0n) is 13.1. The van der Waals surface area contributed by atoms with Crippen LogP contribution in [0.25, 0.3) is 0 Å². The summed E-state index contributed by atoms with van der Waals surface area (Å²) in [5, 5.41) is 0. The zero-order valence-corrected chi connectivity index (χ0v) is 17.1. The Hall–Kier alpha value is 0.0200. The average Bonchev–Trinajstić information content (AvgIpc) is 2.95. The lowest BCUT2D eigenvalue weighted by Gasteiger charge is -2.37. The Morgan fingerprint density at radius 2 is 1.40 bits per heavy atom. The summed E-state index contributed by atoms with van der Waals surface area (Å²) in [6, 6.07) is 1.32. The first kappa shape index (κ1) is 19.8. The van der Waals surface area contributed by atoms with E-state index in [4.69, 9.17) is 27.9 Å². The maximum absolute atomic E-state index is 12.7. The second kappa shape index (κ2) is 7.56. The van der Waals surface area contributed by atoms with Gasteiger partial charge in [-0.1, -0.05) is 23.2 Å². The monoisotopic (exact) mass is 449 g/mol. The predicted octanol–water partition coefficient (Wildman–Crippen LogP) is 0.938. The van der Waals surface area contributed by atoms with Crippen molar-refractivity contribution in [3.8, 4) is 0 Å². The van der Waals surface area contributed by atoms with E-state index in [9.17, 15) is 16.8 Å². The summed E-state index contributed by atoms with van der Waals surface area (Å²) in [7, 11) is -7.40. The third-order valence-corrected chi connectivity index (χ3v) is 9.75. The minimum Gasteiger partial charge on any atom is -0.379 e. The number of nitrogens with zero attached hydrogens (tertiary/aromatic N) is 3. The van der Waals surface area contributed by atoms with Crippen molar-refractivity contribution in [1.82, 2.24) is 12.9 Å². The SMILES string of the molecule is O=S(=O)(c1cc(Cl)sc1Cl)N1CCN(S(=O)(=O)N2CCOCC2)CC1. The summed E-state index contributed by atoms with van der Waals surface area (Å²) in [6.07, 6.45) is 0. The van der Waals surface area contributed by atoms with Crippen molar-refractivity contribution in [2.45, 2.75) is 4.90 Å². The summed E-state index contributed by atoms with van der Waals surface area (Å²) in [5.41, 5.74) is 0. The van der Waals surface area contributed by atoms with Gasteiger partial charge in [0.2, 0.25) is 10.0 Å². The molecule has 0 unspecified atom stereocenters. The first-order valence-electron chi connectivity index (χ1n) is 7.51. The van der Waals surface area contributed by atoms with Gasteiger partial charge < -0.3 is 4.74 Å². The molecule has 0 N–H and O–H groups in total. The van der Waals surface area contributed by atoms with Crippen LogP contribution in [0.1, 0.15) is 0 Å². The molecule has 2 aliphatic rings. The van der Waals surface area contributed by atoms with Crippen LogP contribution >= 0.6 is 34.5 Å². The Morgan fingerprint density at radius 3 is 1.92 bits per heavy atom. The second-order valence-corrected chi connectivity index (χ2v) is 11.6. The lowest BCUT2D eigenvalue weighted by Crippen LogP contribution is -2.55. The first-order chi connectivity index (χ1) is 11.7.